The molecule has 0 aliphatic rings. The second-order valence-electron chi connectivity index (χ2n) is 9.26. The molecular weight excluding hydrogens is 584 g/mol. The number of aryl methyl sites for hydroxylation is 2. The predicted octanol–water partition coefficient (Wildman–Crippen LogP) is 9.20. The van der Waals surface area contributed by atoms with Crippen molar-refractivity contribution in [1.29, 1.82) is 0 Å². The highest BCUT2D eigenvalue weighted by atomic mass is 79.9. The van der Waals surface area contributed by atoms with Gasteiger partial charge in [-0.05, 0) is 81.9 Å². The van der Waals surface area contributed by atoms with E-state index in [1.165, 1.54) is 50.0 Å². The number of aromatic nitrogens is 2. The van der Waals surface area contributed by atoms with Crippen LogP contribution in [-0.4, -0.2) is 4.57 Å². The number of nitrogens with zero attached hydrogens (tertiary/aromatic N) is 2. The van der Waals surface area contributed by atoms with E-state index in [0.29, 0.717) is 0 Å². The summed E-state index contributed by atoms with van der Waals surface area (Å²) in [5, 5.41) is 0. The van der Waals surface area contributed by atoms with E-state index >= 15 is 0 Å². The highest BCUT2D eigenvalue weighted by molar-refractivity contribution is 9.10. The molecule has 0 unspecified atom stereocenters. The molecule has 6 rings (SSSR count). The van der Waals surface area contributed by atoms with E-state index in [-0.39, 0.29) is 0 Å². The average molecular weight is 609 g/mol. The van der Waals surface area contributed by atoms with E-state index in [9.17, 15) is 0 Å². The van der Waals surface area contributed by atoms with Crippen molar-refractivity contribution in [3.63, 3.8) is 0 Å². The van der Waals surface area contributed by atoms with Crippen LogP contribution in [0.15, 0.2) is 124 Å². The largest absolute Gasteiger partial charge is 0.290 e. The number of fused-ring (bicyclic) bond motifs is 1. The summed E-state index contributed by atoms with van der Waals surface area (Å²) in [6.45, 7) is 0. The quantitative estimate of drug-likeness (QED) is 0.176. The summed E-state index contributed by atoms with van der Waals surface area (Å²) in [6.07, 6.45) is 0. The van der Waals surface area contributed by atoms with E-state index in [4.69, 9.17) is 0 Å². The topological polar surface area (TPSA) is 8.81 Å². The van der Waals surface area contributed by atoms with Gasteiger partial charge in [-0.3, -0.25) is 0 Å². The molecule has 5 aromatic carbocycles. The maximum atomic E-state index is 3.62. The second-order valence-corrected chi connectivity index (χ2v) is 11.1. The first-order valence-electron chi connectivity index (χ1n) is 12.2. The lowest BCUT2D eigenvalue weighted by molar-refractivity contribution is -0.634. The van der Waals surface area contributed by atoms with Crippen molar-refractivity contribution in [3.05, 3.63) is 124 Å². The molecule has 2 nitrogen and oxygen atoms in total. The van der Waals surface area contributed by atoms with Gasteiger partial charge in [0.25, 0.3) is 5.82 Å². The van der Waals surface area contributed by atoms with Crippen LogP contribution in [0.3, 0.4) is 0 Å². The number of hydrogen-bond donors (Lipinski definition) is 0. The van der Waals surface area contributed by atoms with Gasteiger partial charge in [-0.2, -0.15) is 0 Å². The molecular formula is C33H25Br2N2+. The van der Waals surface area contributed by atoms with Crippen LogP contribution in [0.4, 0.5) is 0 Å². The summed E-state index contributed by atoms with van der Waals surface area (Å²) in [4.78, 5) is 0. The summed E-state index contributed by atoms with van der Waals surface area (Å²) >= 11 is 7.25. The van der Waals surface area contributed by atoms with Crippen molar-refractivity contribution < 1.29 is 4.57 Å². The van der Waals surface area contributed by atoms with Gasteiger partial charge in [0.15, 0.2) is 11.0 Å². The summed E-state index contributed by atoms with van der Waals surface area (Å²) in [7, 11) is 4.33. The third kappa shape index (κ3) is 4.35. The molecule has 1 heterocycles. The zero-order valence-electron chi connectivity index (χ0n) is 20.6. The van der Waals surface area contributed by atoms with Crippen LogP contribution in [0.5, 0.6) is 0 Å². The number of para-hydroxylation sites is 2. The van der Waals surface area contributed by atoms with Gasteiger partial charge in [0.05, 0.1) is 19.7 Å². The maximum Gasteiger partial charge on any atom is 0.290 e. The van der Waals surface area contributed by atoms with Gasteiger partial charge in [0, 0.05) is 8.95 Å². The minimum atomic E-state index is 1.07. The first-order valence-corrected chi connectivity index (χ1v) is 13.8. The standard InChI is InChI=1S/C33H25Br2N2/c1-36-30-10-6-7-11-31(30)37(2)33(36)32-28(23-12-16-26(34)17-13-23)20-25(22-8-4-3-5-9-22)21-29(32)24-14-18-27(35)19-15-24/h3-21H,1-2H3/q+1. The van der Waals surface area contributed by atoms with Crippen LogP contribution in [0, 0.1) is 0 Å². The molecule has 0 fully saturated rings. The van der Waals surface area contributed by atoms with E-state index < -0.39 is 0 Å². The summed E-state index contributed by atoms with van der Waals surface area (Å²) in [5.41, 5.74) is 10.8. The van der Waals surface area contributed by atoms with Gasteiger partial charge in [-0.25, -0.2) is 9.13 Å². The van der Waals surface area contributed by atoms with E-state index in [2.05, 4.69) is 170 Å². The molecule has 0 atom stereocenters. The monoisotopic (exact) mass is 607 g/mol. The maximum absolute atomic E-state index is 3.62. The van der Waals surface area contributed by atoms with Crippen molar-refractivity contribution in [3.8, 4) is 44.8 Å². The van der Waals surface area contributed by atoms with Crippen LogP contribution in [0.2, 0.25) is 0 Å². The van der Waals surface area contributed by atoms with Crippen LogP contribution in [0.25, 0.3) is 55.8 Å². The lowest BCUT2D eigenvalue weighted by atomic mass is 9.87. The Kier molecular flexibility index (Phi) is 6.31. The Balaban J connectivity index is 1.77. The van der Waals surface area contributed by atoms with Gasteiger partial charge in [-0.15, -0.1) is 0 Å². The van der Waals surface area contributed by atoms with Crippen molar-refractivity contribution in [2.24, 2.45) is 14.1 Å². The van der Waals surface area contributed by atoms with Crippen molar-refractivity contribution in [1.82, 2.24) is 4.57 Å². The molecule has 0 saturated heterocycles. The fraction of sp³-hybridized carbons (Fsp3) is 0.0606. The van der Waals surface area contributed by atoms with Crippen LogP contribution >= 0.6 is 31.9 Å². The highest BCUT2D eigenvalue weighted by Crippen LogP contribution is 2.43. The average Bonchev–Trinajstić information content (AvgIpc) is 3.19. The molecule has 0 amide bonds. The molecule has 0 saturated carbocycles. The molecule has 4 heteroatoms. The molecule has 0 radical (unpaired) electrons. The van der Waals surface area contributed by atoms with E-state index in [1.54, 1.807) is 0 Å². The summed E-state index contributed by atoms with van der Waals surface area (Å²) in [5.74, 6) is 1.16. The van der Waals surface area contributed by atoms with Gasteiger partial charge in [0.2, 0.25) is 0 Å². The third-order valence-corrected chi connectivity index (χ3v) is 8.08. The van der Waals surface area contributed by atoms with Crippen LogP contribution in [-0.2, 0) is 14.1 Å². The number of rotatable bonds is 4. The third-order valence-electron chi connectivity index (χ3n) is 7.02. The van der Waals surface area contributed by atoms with E-state index in [1.807, 2.05) is 0 Å². The lowest BCUT2D eigenvalue weighted by Gasteiger charge is -2.17. The number of halogens is 2. The molecule has 0 aliphatic heterocycles. The lowest BCUT2D eigenvalue weighted by Crippen LogP contribution is -2.30. The van der Waals surface area contributed by atoms with Crippen LogP contribution in [0.1, 0.15) is 0 Å². The van der Waals surface area contributed by atoms with Gasteiger partial charge in [0.1, 0.15) is 0 Å². The summed E-state index contributed by atoms with van der Waals surface area (Å²) in [6, 6.07) is 41.2. The Hall–Kier alpha value is -3.47. The first-order chi connectivity index (χ1) is 18.0. The fourth-order valence-corrected chi connectivity index (χ4v) is 5.74. The zero-order valence-corrected chi connectivity index (χ0v) is 23.8. The normalized spacial score (nSPS) is 11.2. The molecule has 180 valence electrons. The molecule has 0 N–H and O–H groups in total. The minimum absolute atomic E-state index is 1.07. The number of imidazole rings is 1. The van der Waals surface area contributed by atoms with Gasteiger partial charge < -0.3 is 0 Å². The zero-order chi connectivity index (χ0) is 25.5. The Morgan fingerprint density at radius 2 is 1.08 bits per heavy atom. The SMILES string of the molecule is Cn1c(-c2c(-c3ccc(Br)cc3)cc(-c3ccccc3)cc2-c2ccc(Br)cc2)[n+](C)c2ccccc21. The van der Waals surface area contributed by atoms with E-state index in [0.717, 1.165) is 14.8 Å². The highest BCUT2D eigenvalue weighted by Gasteiger charge is 2.28. The second kappa shape index (κ2) is 9.77. The van der Waals surface area contributed by atoms with Crippen molar-refractivity contribution in [2.75, 3.05) is 0 Å². The summed E-state index contributed by atoms with van der Waals surface area (Å²) < 4.78 is 6.77. The molecule has 37 heavy (non-hydrogen) atoms. The van der Waals surface area contributed by atoms with Crippen molar-refractivity contribution >= 4 is 42.9 Å². The smallest absolute Gasteiger partial charge is 0.226 e. The van der Waals surface area contributed by atoms with Gasteiger partial charge >= 0.3 is 0 Å². The Bertz CT molecular complexity index is 1630. The Labute approximate surface area is 234 Å². The van der Waals surface area contributed by atoms with Gasteiger partial charge in [-0.1, -0.05) is 98.6 Å². The van der Waals surface area contributed by atoms with Crippen LogP contribution < -0.4 is 4.57 Å². The first kappa shape index (κ1) is 23.9. The number of hydrogen-bond acceptors (Lipinski definition) is 0. The molecule has 0 bridgehead atoms. The molecule has 6 aromatic rings. The molecule has 1 aromatic heterocycles. The predicted molar refractivity (Wildman–Crippen MR) is 161 cm³/mol. The number of benzene rings is 5. The minimum Gasteiger partial charge on any atom is -0.226 e. The fourth-order valence-electron chi connectivity index (χ4n) is 5.21. The van der Waals surface area contributed by atoms with Crippen molar-refractivity contribution in [2.45, 2.75) is 0 Å². The Morgan fingerprint density at radius 1 is 0.568 bits per heavy atom. The molecule has 0 aliphatic carbocycles. The molecule has 0 spiro atoms. The Morgan fingerprint density at radius 3 is 1.62 bits per heavy atom.